The van der Waals surface area contributed by atoms with Crippen LogP contribution in [0.3, 0.4) is 0 Å². The highest BCUT2D eigenvalue weighted by atomic mass is 19.1. The number of hydrogen-bond donors (Lipinski definition) is 0. The van der Waals surface area contributed by atoms with Gasteiger partial charge in [0, 0.05) is 36.3 Å². The quantitative estimate of drug-likeness (QED) is 0.150. The van der Waals surface area contributed by atoms with Gasteiger partial charge >= 0.3 is 17.8 Å². The van der Waals surface area contributed by atoms with Gasteiger partial charge < -0.3 is 22.8 Å². The molecule has 0 unspecified atom stereocenters. The summed E-state index contributed by atoms with van der Waals surface area (Å²) in [6.07, 6.45) is 0.396. The zero-order chi connectivity index (χ0) is 32.3. The van der Waals surface area contributed by atoms with Crippen LogP contribution in [0.15, 0.2) is 90.9 Å². The molecular formula is C34H30FN3O8. The van der Waals surface area contributed by atoms with Crippen molar-refractivity contribution in [1.82, 2.24) is 15.0 Å². The Morgan fingerprint density at radius 2 is 1.65 bits per heavy atom. The average molecular weight is 628 g/mol. The molecule has 1 aliphatic rings. The van der Waals surface area contributed by atoms with E-state index in [9.17, 15) is 18.8 Å². The minimum atomic E-state index is -1.46. The van der Waals surface area contributed by atoms with Crippen LogP contribution in [0.2, 0.25) is 0 Å². The van der Waals surface area contributed by atoms with Crippen molar-refractivity contribution in [2.45, 2.75) is 32.9 Å². The van der Waals surface area contributed by atoms with Crippen LogP contribution in [-0.2, 0) is 32.2 Å². The molecule has 1 saturated heterocycles. The molecular weight excluding hydrogens is 597 g/mol. The number of carbonyl (C=O) groups is 2. The number of esters is 2. The van der Waals surface area contributed by atoms with Crippen LogP contribution < -0.4 is 5.82 Å². The van der Waals surface area contributed by atoms with Crippen molar-refractivity contribution in [2.24, 2.45) is 5.41 Å². The molecule has 46 heavy (non-hydrogen) atoms. The van der Waals surface area contributed by atoms with Crippen molar-refractivity contribution in [3.63, 3.8) is 0 Å². The second-order valence-electron chi connectivity index (χ2n) is 11.0. The van der Waals surface area contributed by atoms with Gasteiger partial charge in [0.05, 0.1) is 7.11 Å². The number of carbonyl (C=O) groups excluding carboxylic acids is 2. The van der Waals surface area contributed by atoms with Gasteiger partial charge in [-0.3, -0.25) is 14.5 Å². The van der Waals surface area contributed by atoms with E-state index in [1.807, 2.05) is 54.6 Å². The predicted octanol–water partition coefficient (Wildman–Crippen LogP) is 5.56. The SMILES string of the molecule is COC(=O)C1(C(=O)OCc2oc(=O)oc2C)CCN(Cc2ccc(-c3noc(-c4ccc(-c5ccccc5)c(F)c4)n3)cc2)CC1. The highest BCUT2D eigenvalue weighted by Crippen LogP contribution is 2.36. The molecule has 0 N–H and O–H groups in total. The van der Waals surface area contributed by atoms with E-state index in [-0.39, 0.29) is 42.7 Å². The molecule has 1 aliphatic heterocycles. The first kappa shape index (κ1) is 30.7. The maximum absolute atomic E-state index is 14.9. The Morgan fingerprint density at radius 1 is 0.935 bits per heavy atom. The Bertz CT molecular complexity index is 1900. The van der Waals surface area contributed by atoms with E-state index in [1.54, 1.807) is 12.1 Å². The molecule has 0 atom stereocenters. The Morgan fingerprint density at radius 3 is 2.30 bits per heavy atom. The summed E-state index contributed by atoms with van der Waals surface area (Å²) in [6, 6.07) is 21.7. The number of nitrogens with zero attached hydrogens (tertiary/aromatic N) is 3. The maximum atomic E-state index is 14.9. The summed E-state index contributed by atoms with van der Waals surface area (Å²) in [7, 11) is 1.23. The summed E-state index contributed by atoms with van der Waals surface area (Å²) in [5.74, 6) is -1.80. The second kappa shape index (κ2) is 12.9. The van der Waals surface area contributed by atoms with Crippen LogP contribution in [0.4, 0.5) is 4.39 Å². The van der Waals surface area contributed by atoms with Crippen molar-refractivity contribution >= 4 is 11.9 Å². The first-order chi connectivity index (χ1) is 22.3. The molecule has 12 heteroatoms. The van der Waals surface area contributed by atoms with Crippen molar-refractivity contribution < 1.29 is 36.8 Å². The van der Waals surface area contributed by atoms with Crippen LogP contribution in [0.25, 0.3) is 34.0 Å². The van der Waals surface area contributed by atoms with Crippen molar-refractivity contribution in [2.75, 3.05) is 20.2 Å². The molecule has 2 aromatic heterocycles. The minimum absolute atomic E-state index is 0.0858. The van der Waals surface area contributed by atoms with Gasteiger partial charge in [-0.1, -0.05) is 65.8 Å². The number of aryl methyl sites for hydroxylation is 1. The Hall–Kier alpha value is -5.36. The lowest BCUT2D eigenvalue weighted by atomic mass is 9.78. The van der Waals surface area contributed by atoms with E-state index in [2.05, 4.69) is 15.0 Å². The zero-order valence-corrected chi connectivity index (χ0v) is 25.2. The number of aromatic nitrogens is 2. The summed E-state index contributed by atoms with van der Waals surface area (Å²) in [5.41, 5.74) is 2.02. The van der Waals surface area contributed by atoms with Gasteiger partial charge in [-0.05, 0) is 43.0 Å². The van der Waals surface area contributed by atoms with E-state index in [0.717, 1.165) is 16.7 Å². The third kappa shape index (κ3) is 6.24. The Kier molecular flexibility index (Phi) is 8.62. The van der Waals surface area contributed by atoms with E-state index in [0.29, 0.717) is 36.6 Å². The summed E-state index contributed by atoms with van der Waals surface area (Å²) >= 11 is 0. The highest BCUT2D eigenvalue weighted by molar-refractivity contribution is 6.00. The van der Waals surface area contributed by atoms with Crippen molar-refractivity contribution in [3.05, 3.63) is 106 Å². The summed E-state index contributed by atoms with van der Waals surface area (Å²) < 4.78 is 40.3. The fraction of sp³-hybridized carbons (Fsp3) is 0.265. The monoisotopic (exact) mass is 627 g/mol. The maximum Gasteiger partial charge on any atom is 0.519 e. The third-order valence-corrected chi connectivity index (χ3v) is 8.19. The fourth-order valence-corrected chi connectivity index (χ4v) is 5.53. The van der Waals surface area contributed by atoms with Crippen LogP contribution in [0.5, 0.6) is 0 Å². The molecule has 1 fully saturated rings. The number of rotatable bonds is 9. The zero-order valence-electron chi connectivity index (χ0n) is 25.2. The molecule has 6 rings (SSSR count). The number of benzene rings is 3. The lowest BCUT2D eigenvalue weighted by Crippen LogP contribution is -2.50. The largest absolute Gasteiger partial charge is 0.519 e. The number of hydrogen-bond acceptors (Lipinski definition) is 11. The smallest absolute Gasteiger partial charge is 0.468 e. The standard InChI is InChI=1S/C34H30FN3O8/c1-21-28(45-33(41)44-21)20-43-32(40)34(31(39)42-2)14-16-38(17-15-34)19-22-8-10-24(11-9-22)29-36-30(46-37-29)25-12-13-26(27(35)18-25)23-6-4-3-5-7-23/h3-13,18H,14-17,19-20H2,1-2H3. The number of ether oxygens (including phenoxy) is 2. The van der Waals surface area contributed by atoms with Crippen LogP contribution in [-0.4, -0.2) is 47.2 Å². The van der Waals surface area contributed by atoms with Gasteiger partial charge in [0.25, 0.3) is 5.89 Å². The highest BCUT2D eigenvalue weighted by Gasteiger charge is 2.50. The van der Waals surface area contributed by atoms with E-state index in [4.69, 9.17) is 22.8 Å². The van der Waals surface area contributed by atoms with Crippen molar-refractivity contribution in [1.29, 1.82) is 0 Å². The van der Waals surface area contributed by atoms with Crippen LogP contribution in [0, 0.1) is 18.2 Å². The Labute approximate surface area is 262 Å². The molecule has 236 valence electrons. The number of likely N-dealkylation sites (tertiary alicyclic amines) is 1. The summed E-state index contributed by atoms with van der Waals surface area (Å²) in [6.45, 7) is 2.66. The van der Waals surface area contributed by atoms with Gasteiger partial charge in [0.1, 0.15) is 5.82 Å². The van der Waals surface area contributed by atoms with E-state index in [1.165, 1.54) is 20.1 Å². The minimum Gasteiger partial charge on any atom is -0.468 e. The van der Waals surface area contributed by atoms with E-state index >= 15 is 0 Å². The second-order valence-corrected chi connectivity index (χ2v) is 11.0. The Balaban J connectivity index is 1.07. The third-order valence-electron chi connectivity index (χ3n) is 8.19. The topological polar surface area (TPSA) is 138 Å². The molecule has 3 heterocycles. The van der Waals surface area contributed by atoms with Gasteiger partial charge in [0.15, 0.2) is 23.5 Å². The molecule has 0 spiro atoms. The molecule has 0 aliphatic carbocycles. The molecule has 0 bridgehead atoms. The first-order valence-electron chi connectivity index (χ1n) is 14.6. The molecule has 0 radical (unpaired) electrons. The average Bonchev–Trinajstić information content (AvgIpc) is 3.70. The molecule has 0 saturated carbocycles. The first-order valence-corrected chi connectivity index (χ1v) is 14.6. The molecule has 3 aromatic carbocycles. The fourth-order valence-electron chi connectivity index (χ4n) is 5.53. The summed E-state index contributed by atoms with van der Waals surface area (Å²) in [5, 5.41) is 4.08. The van der Waals surface area contributed by atoms with E-state index < -0.39 is 23.2 Å². The molecule has 0 amide bonds. The lowest BCUT2D eigenvalue weighted by Gasteiger charge is -2.37. The van der Waals surface area contributed by atoms with Gasteiger partial charge in [-0.2, -0.15) is 4.98 Å². The number of halogens is 1. The van der Waals surface area contributed by atoms with Crippen LogP contribution >= 0.6 is 0 Å². The van der Waals surface area contributed by atoms with Gasteiger partial charge in [0.2, 0.25) is 5.82 Å². The van der Waals surface area contributed by atoms with Gasteiger partial charge in [-0.15, -0.1) is 0 Å². The number of methoxy groups -OCH3 is 1. The molecule has 11 nitrogen and oxygen atoms in total. The molecule has 5 aromatic rings. The number of piperidine rings is 1. The normalized spacial score (nSPS) is 14.6. The van der Waals surface area contributed by atoms with Crippen LogP contribution in [0.1, 0.15) is 29.9 Å². The van der Waals surface area contributed by atoms with Gasteiger partial charge in [-0.25, -0.2) is 9.18 Å². The van der Waals surface area contributed by atoms with Crippen molar-refractivity contribution in [3.8, 4) is 34.0 Å². The lowest BCUT2D eigenvalue weighted by molar-refractivity contribution is -0.176. The predicted molar refractivity (Wildman–Crippen MR) is 161 cm³/mol. The summed E-state index contributed by atoms with van der Waals surface area (Å²) in [4.78, 5) is 43.7.